The fraction of sp³-hybridized carbons (Fsp3) is 1.00. The second-order valence-corrected chi connectivity index (χ2v) is 5.72. The molecule has 1 aliphatic rings. The molecule has 0 radical (unpaired) electrons. The molecule has 0 aliphatic heterocycles. The average molecular weight is 228 g/mol. The Bertz CT molecular complexity index is 204. The molecule has 16 heavy (non-hydrogen) atoms. The largest absolute Gasteiger partial charge is 0.394 e. The molecule has 3 nitrogen and oxygen atoms in total. The number of hydrogen-bond acceptors (Lipinski definition) is 3. The Morgan fingerprint density at radius 1 is 1.44 bits per heavy atom. The first-order valence-electron chi connectivity index (χ1n) is 6.60. The summed E-state index contributed by atoms with van der Waals surface area (Å²) < 4.78 is 0. The molecule has 1 unspecified atom stereocenters. The van der Waals surface area contributed by atoms with E-state index < -0.39 is 0 Å². The predicted molar refractivity (Wildman–Crippen MR) is 68.6 cm³/mol. The number of nitrogens with zero attached hydrogens (tertiary/aromatic N) is 1. The van der Waals surface area contributed by atoms with Crippen molar-refractivity contribution >= 4 is 0 Å². The van der Waals surface area contributed by atoms with Crippen molar-refractivity contribution in [3.05, 3.63) is 0 Å². The Balaban J connectivity index is 2.49. The molecular weight excluding hydrogens is 200 g/mol. The molecule has 1 fully saturated rings. The van der Waals surface area contributed by atoms with Crippen LogP contribution in [0.4, 0.5) is 0 Å². The minimum atomic E-state index is -0.159. The second kappa shape index (κ2) is 5.99. The quantitative estimate of drug-likeness (QED) is 0.660. The summed E-state index contributed by atoms with van der Waals surface area (Å²) in [6.07, 6.45) is 2.78. The Labute approximate surface area is 100 Å². The molecule has 3 heteroatoms. The van der Waals surface area contributed by atoms with Gasteiger partial charge in [-0.1, -0.05) is 6.92 Å². The van der Waals surface area contributed by atoms with Crippen molar-refractivity contribution in [1.82, 2.24) is 10.2 Å². The molecule has 96 valence electrons. The van der Waals surface area contributed by atoms with Gasteiger partial charge in [-0.05, 0) is 46.1 Å². The van der Waals surface area contributed by atoms with Crippen LogP contribution < -0.4 is 5.32 Å². The molecule has 1 atom stereocenters. The van der Waals surface area contributed by atoms with E-state index in [0.717, 1.165) is 19.0 Å². The third-order valence-corrected chi connectivity index (χ3v) is 3.42. The first-order chi connectivity index (χ1) is 7.50. The van der Waals surface area contributed by atoms with Crippen LogP contribution in [0.2, 0.25) is 0 Å². The van der Waals surface area contributed by atoms with Crippen LogP contribution in [-0.4, -0.2) is 47.8 Å². The van der Waals surface area contributed by atoms with E-state index in [1.54, 1.807) is 0 Å². The van der Waals surface area contributed by atoms with Gasteiger partial charge in [0.15, 0.2) is 0 Å². The number of aliphatic hydroxyl groups excluding tert-OH is 1. The predicted octanol–water partition coefficient (Wildman–Crippen LogP) is 1.47. The van der Waals surface area contributed by atoms with E-state index in [1.807, 2.05) is 0 Å². The molecule has 1 aliphatic carbocycles. The SMILES string of the molecule is CCNC(C)(CO)CN(CC1CC1)C(C)C. The van der Waals surface area contributed by atoms with Crippen molar-refractivity contribution in [3.63, 3.8) is 0 Å². The van der Waals surface area contributed by atoms with Crippen LogP contribution in [0.15, 0.2) is 0 Å². The summed E-state index contributed by atoms with van der Waals surface area (Å²) in [5, 5.41) is 12.9. The monoisotopic (exact) mass is 228 g/mol. The number of aliphatic hydroxyl groups is 1. The van der Waals surface area contributed by atoms with Crippen LogP contribution in [0.3, 0.4) is 0 Å². The molecule has 2 N–H and O–H groups in total. The van der Waals surface area contributed by atoms with Gasteiger partial charge in [-0.3, -0.25) is 4.90 Å². The highest BCUT2D eigenvalue weighted by atomic mass is 16.3. The lowest BCUT2D eigenvalue weighted by Crippen LogP contribution is -2.55. The highest BCUT2D eigenvalue weighted by Gasteiger charge is 2.30. The standard InChI is InChI=1S/C13H28N2O/c1-5-14-13(4,10-16)9-15(11(2)3)8-12-6-7-12/h11-12,14,16H,5-10H2,1-4H3. The van der Waals surface area contributed by atoms with E-state index in [2.05, 4.69) is 37.9 Å². The van der Waals surface area contributed by atoms with Gasteiger partial charge < -0.3 is 10.4 Å². The molecule has 1 rings (SSSR count). The maximum atomic E-state index is 9.51. The van der Waals surface area contributed by atoms with E-state index in [1.165, 1.54) is 19.4 Å². The molecule has 0 aromatic heterocycles. The molecule has 0 saturated heterocycles. The van der Waals surface area contributed by atoms with Gasteiger partial charge >= 0.3 is 0 Å². The third kappa shape index (κ3) is 4.40. The molecular formula is C13H28N2O. The van der Waals surface area contributed by atoms with E-state index in [0.29, 0.717) is 6.04 Å². The maximum Gasteiger partial charge on any atom is 0.0623 e. The smallest absolute Gasteiger partial charge is 0.0623 e. The van der Waals surface area contributed by atoms with Gasteiger partial charge in [-0.15, -0.1) is 0 Å². The van der Waals surface area contributed by atoms with Crippen LogP contribution in [0, 0.1) is 5.92 Å². The van der Waals surface area contributed by atoms with Crippen LogP contribution >= 0.6 is 0 Å². The van der Waals surface area contributed by atoms with Crippen LogP contribution in [-0.2, 0) is 0 Å². The summed E-state index contributed by atoms with van der Waals surface area (Å²) in [6.45, 7) is 11.9. The van der Waals surface area contributed by atoms with E-state index >= 15 is 0 Å². The van der Waals surface area contributed by atoms with Gasteiger partial charge in [0.1, 0.15) is 0 Å². The van der Waals surface area contributed by atoms with Gasteiger partial charge in [-0.25, -0.2) is 0 Å². The minimum absolute atomic E-state index is 0.159. The lowest BCUT2D eigenvalue weighted by atomic mass is 10.0. The zero-order valence-corrected chi connectivity index (χ0v) is 11.3. The van der Waals surface area contributed by atoms with Crippen LogP contribution in [0.25, 0.3) is 0 Å². The van der Waals surface area contributed by atoms with Crippen LogP contribution in [0.5, 0.6) is 0 Å². The molecule has 0 aromatic carbocycles. The zero-order chi connectivity index (χ0) is 12.2. The lowest BCUT2D eigenvalue weighted by molar-refractivity contribution is 0.101. The second-order valence-electron chi connectivity index (χ2n) is 5.72. The number of likely N-dealkylation sites (N-methyl/N-ethyl adjacent to an activating group) is 1. The fourth-order valence-electron chi connectivity index (χ4n) is 2.13. The third-order valence-electron chi connectivity index (χ3n) is 3.42. The van der Waals surface area contributed by atoms with Gasteiger partial charge in [0.25, 0.3) is 0 Å². The first-order valence-corrected chi connectivity index (χ1v) is 6.60. The van der Waals surface area contributed by atoms with Crippen molar-refractivity contribution in [2.75, 3.05) is 26.2 Å². The van der Waals surface area contributed by atoms with Crippen molar-refractivity contribution < 1.29 is 5.11 Å². The summed E-state index contributed by atoms with van der Waals surface area (Å²) in [6, 6.07) is 0.560. The van der Waals surface area contributed by atoms with Crippen molar-refractivity contribution in [1.29, 1.82) is 0 Å². The Morgan fingerprint density at radius 2 is 2.06 bits per heavy atom. The summed E-state index contributed by atoms with van der Waals surface area (Å²) in [7, 11) is 0. The molecule has 0 bridgehead atoms. The van der Waals surface area contributed by atoms with E-state index in [9.17, 15) is 5.11 Å². The summed E-state index contributed by atoms with van der Waals surface area (Å²) in [4.78, 5) is 2.50. The highest BCUT2D eigenvalue weighted by Crippen LogP contribution is 2.30. The number of hydrogen-bond donors (Lipinski definition) is 2. The average Bonchev–Trinajstić information content (AvgIpc) is 3.01. The fourth-order valence-corrected chi connectivity index (χ4v) is 2.13. The Morgan fingerprint density at radius 3 is 2.44 bits per heavy atom. The van der Waals surface area contributed by atoms with E-state index in [-0.39, 0.29) is 12.1 Å². The molecule has 0 aromatic rings. The van der Waals surface area contributed by atoms with Crippen molar-refractivity contribution in [2.24, 2.45) is 5.92 Å². The molecule has 1 saturated carbocycles. The minimum Gasteiger partial charge on any atom is -0.394 e. The normalized spacial score (nSPS) is 20.4. The molecule has 0 heterocycles. The van der Waals surface area contributed by atoms with Gasteiger partial charge in [0.2, 0.25) is 0 Å². The van der Waals surface area contributed by atoms with Crippen molar-refractivity contribution in [3.8, 4) is 0 Å². The molecule has 0 spiro atoms. The number of rotatable bonds is 8. The maximum absolute atomic E-state index is 9.51. The first kappa shape index (κ1) is 13.9. The topological polar surface area (TPSA) is 35.5 Å². The van der Waals surface area contributed by atoms with E-state index in [4.69, 9.17) is 0 Å². The lowest BCUT2D eigenvalue weighted by Gasteiger charge is -2.37. The van der Waals surface area contributed by atoms with Crippen LogP contribution in [0.1, 0.15) is 40.5 Å². The zero-order valence-electron chi connectivity index (χ0n) is 11.3. The molecule has 0 amide bonds. The summed E-state index contributed by atoms with van der Waals surface area (Å²) >= 11 is 0. The summed E-state index contributed by atoms with van der Waals surface area (Å²) in [5.74, 6) is 0.909. The summed E-state index contributed by atoms with van der Waals surface area (Å²) in [5.41, 5.74) is -0.159. The van der Waals surface area contributed by atoms with Crippen molar-refractivity contribution in [2.45, 2.75) is 52.1 Å². The number of nitrogens with one attached hydrogen (secondary N) is 1. The highest BCUT2D eigenvalue weighted by molar-refractivity contribution is 4.89. The van der Waals surface area contributed by atoms with Gasteiger partial charge in [-0.2, -0.15) is 0 Å². The van der Waals surface area contributed by atoms with Gasteiger partial charge in [0, 0.05) is 19.1 Å². The van der Waals surface area contributed by atoms with Gasteiger partial charge in [0.05, 0.1) is 12.1 Å². The Hall–Kier alpha value is -0.120. The Kier molecular flexibility index (Phi) is 5.22.